The maximum absolute atomic E-state index is 14.3. The molecule has 2 aromatic carbocycles. The van der Waals surface area contributed by atoms with Gasteiger partial charge in [0.15, 0.2) is 0 Å². The van der Waals surface area contributed by atoms with Crippen molar-refractivity contribution in [3.63, 3.8) is 0 Å². The molecule has 2 rings (SSSR count). The Balaban J connectivity index is 2.18. The highest BCUT2D eigenvalue weighted by Crippen LogP contribution is 2.33. The Morgan fingerprint density at radius 2 is 1.90 bits per heavy atom. The van der Waals surface area contributed by atoms with Gasteiger partial charge in [-0.2, -0.15) is 4.99 Å². The van der Waals surface area contributed by atoms with E-state index in [0.717, 1.165) is 12.1 Å². The number of benzene rings is 2. The fourth-order valence-corrected chi connectivity index (χ4v) is 3.68. The third-order valence-corrected chi connectivity index (χ3v) is 5.74. The van der Waals surface area contributed by atoms with Crippen molar-refractivity contribution in [1.29, 1.82) is 5.41 Å². The Morgan fingerprint density at radius 3 is 2.49 bits per heavy atom. The third-order valence-electron chi connectivity index (χ3n) is 4.92. The van der Waals surface area contributed by atoms with Gasteiger partial charge in [0.05, 0.1) is 12.7 Å². The fraction of sp³-hybridized carbons (Fsp3) is 0.240. The summed E-state index contributed by atoms with van der Waals surface area (Å²) in [6.45, 7) is 4.95. The number of hydrogen-bond donors (Lipinski definition) is 4. The quantitative estimate of drug-likeness (QED) is 0.165. The number of nitrogens with zero attached hydrogens (tertiary/aromatic N) is 2. The Kier molecular flexibility index (Phi) is 11.0. The number of methoxy groups -OCH3 is 1. The van der Waals surface area contributed by atoms with Crippen LogP contribution in [0.1, 0.15) is 12.5 Å². The first kappa shape index (κ1) is 30.8. The number of guanidine groups is 2. The first-order valence-electron chi connectivity index (χ1n) is 11.2. The molecule has 0 fully saturated rings. The number of nitrogens with two attached hydrogens (primary N) is 1. The molecule has 0 aliphatic rings. The molecule has 208 valence electrons. The van der Waals surface area contributed by atoms with Crippen LogP contribution in [-0.4, -0.2) is 66.9 Å². The lowest BCUT2D eigenvalue weighted by Gasteiger charge is -2.17. The normalized spacial score (nSPS) is 11.7. The van der Waals surface area contributed by atoms with Crippen LogP contribution in [-0.2, 0) is 14.3 Å². The van der Waals surface area contributed by atoms with E-state index in [-0.39, 0.29) is 40.3 Å². The molecule has 2 aromatic rings. The highest BCUT2D eigenvalue weighted by Gasteiger charge is 2.23. The summed E-state index contributed by atoms with van der Waals surface area (Å²) in [7, 11) is 4.47. The summed E-state index contributed by atoms with van der Waals surface area (Å²) in [4.78, 5) is 41.9. The zero-order chi connectivity index (χ0) is 29.3. The van der Waals surface area contributed by atoms with E-state index in [1.807, 2.05) is 0 Å². The number of amides is 2. The lowest BCUT2D eigenvalue weighted by molar-refractivity contribution is -0.126. The molecule has 0 bridgehead atoms. The van der Waals surface area contributed by atoms with Crippen LogP contribution in [0.25, 0.3) is 16.9 Å². The smallest absolute Gasteiger partial charge is 0.372 e. The second kappa shape index (κ2) is 13.9. The van der Waals surface area contributed by atoms with Crippen molar-refractivity contribution in [2.75, 3.05) is 27.0 Å². The van der Waals surface area contributed by atoms with Crippen LogP contribution in [0.3, 0.4) is 0 Å². The highest BCUT2D eigenvalue weighted by molar-refractivity contribution is 8.13. The summed E-state index contributed by atoms with van der Waals surface area (Å²) in [5.74, 6) is -3.50. The van der Waals surface area contributed by atoms with Crippen LogP contribution in [0.15, 0.2) is 48.0 Å². The summed E-state index contributed by atoms with van der Waals surface area (Å²) in [5.41, 5.74) is 6.35. The number of ether oxygens (including phenoxy) is 2. The number of carbonyl (C=O) groups is 3. The summed E-state index contributed by atoms with van der Waals surface area (Å²) in [6, 6.07) is 6.27. The Hall–Kier alpha value is -4.46. The van der Waals surface area contributed by atoms with Crippen molar-refractivity contribution >= 4 is 46.6 Å². The van der Waals surface area contributed by atoms with Gasteiger partial charge in [-0.1, -0.05) is 12.6 Å². The zero-order valence-electron chi connectivity index (χ0n) is 21.6. The lowest BCUT2D eigenvalue weighted by atomic mass is 10.0. The largest absolute Gasteiger partial charge is 0.497 e. The van der Waals surface area contributed by atoms with E-state index >= 15 is 0 Å². The van der Waals surface area contributed by atoms with E-state index in [1.165, 1.54) is 43.2 Å². The summed E-state index contributed by atoms with van der Waals surface area (Å²) in [6.07, 6.45) is 0. The SMILES string of the molecule is C=C(OC)c1cc(-c2ccc(F)cc2F)ccc1OC(=O)SC[C@@H](NC(C)=O)C(=O)N/C(N)=N/C(=N)N(C)C. The van der Waals surface area contributed by atoms with Crippen molar-refractivity contribution in [2.45, 2.75) is 13.0 Å². The number of hydrogen-bond acceptors (Lipinski definition) is 7. The lowest BCUT2D eigenvalue weighted by Crippen LogP contribution is -2.51. The summed E-state index contributed by atoms with van der Waals surface area (Å²) < 4.78 is 38.2. The average molecular weight is 563 g/mol. The predicted molar refractivity (Wildman–Crippen MR) is 145 cm³/mol. The van der Waals surface area contributed by atoms with E-state index in [9.17, 15) is 23.2 Å². The number of rotatable bonds is 8. The molecule has 0 aliphatic heterocycles. The molecule has 0 saturated heterocycles. The molecule has 5 N–H and O–H groups in total. The molecule has 0 heterocycles. The molecule has 0 saturated carbocycles. The summed E-state index contributed by atoms with van der Waals surface area (Å²) in [5, 5.41) is 11.5. The molecular formula is C25H28F2N6O5S. The second-order valence-corrected chi connectivity index (χ2v) is 9.04. The Labute approximate surface area is 227 Å². The molecule has 0 spiro atoms. The van der Waals surface area contributed by atoms with Crippen molar-refractivity contribution in [3.05, 3.63) is 60.2 Å². The number of carbonyl (C=O) groups excluding carboxylic acids is 3. The van der Waals surface area contributed by atoms with Crippen LogP contribution < -0.4 is 21.1 Å². The van der Waals surface area contributed by atoms with Crippen LogP contribution in [0.4, 0.5) is 13.6 Å². The molecule has 11 nitrogen and oxygen atoms in total. The van der Waals surface area contributed by atoms with Crippen LogP contribution >= 0.6 is 11.8 Å². The van der Waals surface area contributed by atoms with Crippen LogP contribution in [0.2, 0.25) is 0 Å². The molecule has 0 unspecified atom stereocenters. The molecule has 0 aromatic heterocycles. The van der Waals surface area contributed by atoms with Crippen LogP contribution in [0, 0.1) is 17.0 Å². The van der Waals surface area contributed by atoms with Gasteiger partial charge in [0.2, 0.25) is 23.7 Å². The fourth-order valence-electron chi connectivity index (χ4n) is 2.99. The second-order valence-electron chi connectivity index (χ2n) is 8.08. The van der Waals surface area contributed by atoms with Crippen molar-refractivity contribution in [3.8, 4) is 16.9 Å². The van der Waals surface area contributed by atoms with E-state index in [2.05, 4.69) is 22.2 Å². The average Bonchev–Trinajstić information content (AvgIpc) is 2.86. The zero-order valence-corrected chi connectivity index (χ0v) is 22.4. The topological polar surface area (TPSA) is 159 Å². The minimum absolute atomic E-state index is 0.0322. The summed E-state index contributed by atoms with van der Waals surface area (Å²) >= 11 is 0.588. The molecule has 14 heteroatoms. The Bertz CT molecular complexity index is 1320. The number of aliphatic imine (C=N–C) groups is 1. The van der Waals surface area contributed by atoms with Gasteiger partial charge >= 0.3 is 5.30 Å². The number of thioether (sulfide) groups is 1. The molecule has 1 atom stereocenters. The highest BCUT2D eigenvalue weighted by atomic mass is 32.2. The van der Waals surface area contributed by atoms with Crippen LogP contribution in [0.5, 0.6) is 5.75 Å². The Morgan fingerprint density at radius 1 is 1.21 bits per heavy atom. The minimum Gasteiger partial charge on any atom is -0.497 e. The van der Waals surface area contributed by atoms with Gasteiger partial charge < -0.3 is 25.4 Å². The predicted octanol–water partition coefficient (Wildman–Crippen LogP) is 2.91. The monoisotopic (exact) mass is 562 g/mol. The van der Waals surface area contributed by atoms with Gasteiger partial charge in [-0.15, -0.1) is 0 Å². The first-order chi connectivity index (χ1) is 18.3. The number of halogens is 2. The molecular weight excluding hydrogens is 534 g/mol. The van der Waals surface area contributed by atoms with Crippen molar-refractivity contribution in [2.24, 2.45) is 10.7 Å². The van der Waals surface area contributed by atoms with Gasteiger partial charge in [0, 0.05) is 38.4 Å². The van der Waals surface area contributed by atoms with Crippen molar-refractivity contribution in [1.82, 2.24) is 15.5 Å². The molecule has 0 aliphatic carbocycles. The maximum atomic E-state index is 14.3. The van der Waals surface area contributed by atoms with Gasteiger partial charge in [-0.3, -0.25) is 20.3 Å². The molecule has 0 radical (unpaired) electrons. The number of nitrogens with one attached hydrogen (secondary N) is 3. The van der Waals surface area contributed by atoms with Gasteiger partial charge in [-0.05, 0) is 41.6 Å². The van der Waals surface area contributed by atoms with E-state index in [0.29, 0.717) is 17.3 Å². The van der Waals surface area contributed by atoms with E-state index < -0.39 is 34.8 Å². The third kappa shape index (κ3) is 9.10. The van der Waals surface area contributed by atoms with Gasteiger partial charge in [-0.25, -0.2) is 13.6 Å². The van der Waals surface area contributed by atoms with E-state index in [4.69, 9.17) is 20.6 Å². The minimum atomic E-state index is -1.19. The standard InChI is InChI=1S/C25H28F2N6O5S/c1-13(37-5)18-10-15(17-8-7-16(26)11-19(17)27)6-9-21(18)38-25(36)39-12-20(30-14(2)34)22(35)31-23(28)32-24(29)33(3)4/h6-11,20H,1,12H2,2-5H3,(H,30,34)(H4,28,29,31,32,35)/t20-/m1/s1. The van der Waals surface area contributed by atoms with Gasteiger partial charge in [0.25, 0.3) is 0 Å². The first-order valence-corrected chi connectivity index (χ1v) is 12.2. The maximum Gasteiger partial charge on any atom is 0.372 e. The molecule has 39 heavy (non-hydrogen) atoms. The molecule has 2 amide bonds. The van der Waals surface area contributed by atoms with Crippen molar-refractivity contribution < 1.29 is 32.6 Å². The van der Waals surface area contributed by atoms with E-state index in [1.54, 1.807) is 14.1 Å². The van der Waals surface area contributed by atoms with Gasteiger partial charge in [0.1, 0.15) is 29.2 Å².